The third-order valence-corrected chi connectivity index (χ3v) is 4.31. The summed E-state index contributed by atoms with van der Waals surface area (Å²) in [6.07, 6.45) is 0. The van der Waals surface area contributed by atoms with Gasteiger partial charge in [-0.25, -0.2) is 0 Å². The van der Waals surface area contributed by atoms with Crippen molar-refractivity contribution in [2.24, 2.45) is 0 Å². The van der Waals surface area contributed by atoms with Gasteiger partial charge in [-0.05, 0) is 12.1 Å². The zero-order chi connectivity index (χ0) is 18.0. The second-order valence-corrected chi connectivity index (χ2v) is 6.02. The summed E-state index contributed by atoms with van der Waals surface area (Å²) >= 11 is 0. The minimum Gasteiger partial charge on any atom is -0.382 e. The zero-order valence-electron chi connectivity index (χ0n) is 15.4. The molecule has 0 atom stereocenters. The summed E-state index contributed by atoms with van der Waals surface area (Å²) in [5.74, 6) is 0. The number of hydrogen-bond acceptors (Lipinski definition) is 4. The predicted molar refractivity (Wildman–Crippen MR) is 104 cm³/mol. The second kappa shape index (κ2) is 10.3. The first-order valence-corrected chi connectivity index (χ1v) is 9.10. The molecule has 2 aromatic carbocycles. The minimum atomic E-state index is 0.583. The van der Waals surface area contributed by atoms with Gasteiger partial charge < -0.3 is 23.5 Å². The van der Waals surface area contributed by atoms with E-state index in [9.17, 15) is 0 Å². The Hall–Kier alpha value is -1.92. The Morgan fingerprint density at radius 3 is 1.62 bits per heavy atom. The van der Waals surface area contributed by atoms with Gasteiger partial charge in [0.15, 0.2) is 0 Å². The largest absolute Gasteiger partial charge is 0.382 e. The molecule has 0 spiro atoms. The Bertz CT molecular complexity index is 746. The Kier molecular flexibility index (Phi) is 7.46. The van der Waals surface area contributed by atoms with Gasteiger partial charge in [-0.2, -0.15) is 0 Å². The van der Waals surface area contributed by atoms with Crippen molar-refractivity contribution in [3.05, 3.63) is 48.5 Å². The molecule has 26 heavy (non-hydrogen) atoms. The van der Waals surface area contributed by atoms with Gasteiger partial charge in [-0.3, -0.25) is 0 Å². The van der Waals surface area contributed by atoms with E-state index in [1.54, 1.807) is 7.11 Å². The van der Waals surface area contributed by atoms with Crippen molar-refractivity contribution in [1.82, 2.24) is 4.57 Å². The highest BCUT2D eigenvalue weighted by Crippen LogP contribution is 2.28. The third kappa shape index (κ3) is 4.83. The number of benzene rings is 2. The molecule has 0 aliphatic rings. The number of rotatable bonds is 12. The van der Waals surface area contributed by atoms with Gasteiger partial charge in [-0.15, -0.1) is 0 Å². The predicted octanol–water partition coefficient (Wildman–Crippen LogP) is 3.49. The summed E-state index contributed by atoms with van der Waals surface area (Å²) in [5, 5.41) is 2.58. The van der Waals surface area contributed by atoms with E-state index < -0.39 is 0 Å². The van der Waals surface area contributed by atoms with Crippen molar-refractivity contribution in [1.29, 1.82) is 0 Å². The fourth-order valence-electron chi connectivity index (χ4n) is 3.08. The quantitative estimate of drug-likeness (QED) is 0.465. The van der Waals surface area contributed by atoms with Crippen LogP contribution in [0.2, 0.25) is 0 Å². The number of ether oxygens (including phenoxy) is 4. The van der Waals surface area contributed by atoms with Crippen LogP contribution in [0.3, 0.4) is 0 Å². The number of aromatic nitrogens is 1. The highest BCUT2D eigenvalue weighted by Gasteiger charge is 2.08. The number of methoxy groups -OCH3 is 1. The van der Waals surface area contributed by atoms with Crippen LogP contribution in [0.5, 0.6) is 0 Å². The highest BCUT2D eigenvalue weighted by atomic mass is 16.6. The van der Waals surface area contributed by atoms with Crippen LogP contribution in [-0.4, -0.2) is 57.9 Å². The van der Waals surface area contributed by atoms with Gasteiger partial charge in [0.2, 0.25) is 0 Å². The molecule has 0 aliphatic carbocycles. The fraction of sp³-hybridized carbons (Fsp3) is 0.429. The summed E-state index contributed by atoms with van der Waals surface area (Å²) in [4.78, 5) is 0. The Morgan fingerprint density at radius 1 is 0.615 bits per heavy atom. The summed E-state index contributed by atoms with van der Waals surface area (Å²) in [6, 6.07) is 17.0. The van der Waals surface area contributed by atoms with Gasteiger partial charge in [0.05, 0.1) is 46.2 Å². The molecule has 0 saturated carbocycles. The Morgan fingerprint density at radius 2 is 1.08 bits per heavy atom. The smallest absolute Gasteiger partial charge is 0.0701 e. The van der Waals surface area contributed by atoms with Crippen molar-refractivity contribution in [3.63, 3.8) is 0 Å². The summed E-state index contributed by atoms with van der Waals surface area (Å²) in [5.41, 5.74) is 2.50. The highest BCUT2D eigenvalue weighted by molar-refractivity contribution is 6.07. The van der Waals surface area contributed by atoms with Gasteiger partial charge in [0.1, 0.15) is 0 Å². The maximum absolute atomic E-state index is 5.74. The lowest BCUT2D eigenvalue weighted by atomic mass is 10.2. The van der Waals surface area contributed by atoms with Crippen LogP contribution in [0, 0.1) is 0 Å². The molecule has 0 aliphatic heterocycles. The molecule has 3 aromatic rings. The molecule has 0 unspecified atom stereocenters. The molecule has 0 fully saturated rings. The molecule has 1 heterocycles. The van der Waals surface area contributed by atoms with Crippen LogP contribution in [0.25, 0.3) is 21.8 Å². The van der Waals surface area contributed by atoms with Crippen LogP contribution >= 0.6 is 0 Å². The lowest BCUT2D eigenvalue weighted by molar-refractivity contribution is 0.00292. The molecule has 5 nitrogen and oxygen atoms in total. The van der Waals surface area contributed by atoms with Crippen molar-refractivity contribution < 1.29 is 18.9 Å². The lowest BCUT2D eigenvalue weighted by Crippen LogP contribution is -2.13. The maximum atomic E-state index is 5.74. The van der Waals surface area contributed by atoms with Crippen LogP contribution in [0.4, 0.5) is 0 Å². The van der Waals surface area contributed by atoms with E-state index in [4.69, 9.17) is 18.9 Å². The summed E-state index contributed by atoms with van der Waals surface area (Å²) in [6.45, 7) is 5.06. The maximum Gasteiger partial charge on any atom is 0.0701 e. The van der Waals surface area contributed by atoms with E-state index in [0.717, 1.165) is 6.54 Å². The number of nitrogens with zero attached hydrogens (tertiary/aromatic N) is 1. The van der Waals surface area contributed by atoms with Crippen LogP contribution < -0.4 is 0 Å². The average molecular weight is 357 g/mol. The molecule has 1 aromatic heterocycles. The molecule has 0 N–H and O–H groups in total. The van der Waals surface area contributed by atoms with Crippen molar-refractivity contribution >= 4 is 21.8 Å². The minimum absolute atomic E-state index is 0.583. The van der Waals surface area contributed by atoms with Crippen LogP contribution in [0.1, 0.15) is 0 Å². The van der Waals surface area contributed by atoms with E-state index >= 15 is 0 Å². The number of para-hydroxylation sites is 2. The van der Waals surface area contributed by atoms with Crippen molar-refractivity contribution in [2.75, 3.05) is 53.4 Å². The van der Waals surface area contributed by atoms with E-state index in [2.05, 4.69) is 53.1 Å². The molecule has 5 heteroatoms. The van der Waals surface area contributed by atoms with Gasteiger partial charge >= 0.3 is 0 Å². The molecular weight excluding hydrogens is 330 g/mol. The van der Waals surface area contributed by atoms with Gasteiger partial charge in [-0.1, -0.05) is 36.4 Å². The summed E-state index contributed by atoms with van der Waals surface area (Å²) < 4.78 is 23.8. The zero-order valence-corrected chi connectivity index (χ0v) is 15.4. The van der Waals surface area contributed by atoms with Gasteiger partial charge in [0, 0.05) is 35.5 Å². The normalized spacial score (nSPS) is 11.6. The Labute approximate surface area is 154 Å². The molecular formula is C21H27NO4. The molecule has 140 valence electrons. The van der Waals surface area contributed by atoms with E-state index in [0.29, 0.717) is 46.2 Å². The molecule has 0 saturated heterocycles. The monoisotopic (exact) mass is 357 g/mol. The van der Waals surface area contributed by atoms with Crippen molar-refractivity contribution in [2.45, 2.75) is 6.54 Å². The molecule has 0 bridgehead atoms. The topological polar surface area (TPSA) is 41.9 Å². The van der Waals surface area contributed by atoms with Crippen LogP contribution in [-0.2, 0) is 25.5 Å². The first-order chi connectivity index (χ1) is 12.9. The molecule has 3 rings (SSSR count). The summed E-state index contributed by atoms with van der Waals surface area (Å²) in [7, 11) is 1.66. The van der Waals surface area contributed by atoms with Gasteiger partial charge in [0.25, 0.3) is 0 Å². The molecule has 0 amide bonds. The van der Waals surface area contributed by atoms with E-state index in [1.165, 1.54) is 21.8 Å². The number of hydrogen-bond donors (Lipinski definition) is 0. The van der Waals surface area contributed by atoms with Crippen LogP contribution in [0.15, 0.2) is 48.5 Å². The SMILES string of the molecule is COCCOCCOCCOCCn1c2ccccc2c2ccccc21. The molecule has 0 radical (unpaired) electrons. The standard InChI is InChI=1S/C21H27NO4/c1-23-12-13-25-16-17-26-15-14-24-11-10-22-20-8-4-2-6-18(20)19-7-3-5-9-21(19)22/h2-9H,10-17H2,1H3. The third-order valence-electron chi connectivity index (χ3n) is 4.31. The first kappa shape index (κ1) is 18.9. The van der Waals surface area contributed by atoms with E-state index in [-0.39, 0.29) is 0 Å². The fourth-order valence-corrected chi connectivity index (χ4v) is 3.08. The average Bonchev–Trinajstić information content (AvgIpc) is 3.00. The van der Waals surface area contributed by atoms with Crippen molar-refractivity contribution in [3.8, 4) is 0 Å². The Balaban J connectivity index is 1.41. The second-order valence-electron chi connectivity index (χ2n) is 6.02. The lowest BCUT2D eigenvalue weighted by Gasteiger charge is -2.09. The number of fused-ring (bicyclic) bond motifs is 3. The first-order valence-electron chi connectivity index (χ1n) is 9.10. The van der Waals surface area contributed by atoms with E-state index in [1.807, 2.05) is 0 Å².